The maximum absolute atomic E-state index is 12.9. The molecule has 140 valence electrons. The van der Waals surface area contributed by atoms with Crippen molar-refractivity contribution in [3.63, 3.8) is 0 Å². The standard InChI is InChI=1S/C18H20N6O2S/c1-13(9-19)22-23-12-21-16-10-20-18-15(17(16)23)7-8-24(18)27(25,26)11-14-5-3-2-4-6-14/h2-8,10,12-13,22H,9,11,19H2,1H3. The molecule has 27 heavy (non-hydrogen) atoms. The van der Waals surface area contributed by atoms with E-state index in [0.717, 1.165) is 11.1 Å². The molecule has 0 amide bonds. The molecule has 3 N–H and O–H groups in total. The van der Waals surface area contributed by atoms with Crippen LogP contribution in [0.25, 0.3) is 22.1 Å². The average Bonchev–Trinajstić information content (AvgIpc) is 3.26. The zero-order valence-corrected chi connectivity index (χ0v) is 15.6. The van der Waals surface area contributed by atoms with Crippen molar-refractivity contribution in [2.75, 3.05) is 12.0 Å². The lowest BCUT2D eigenvalue weighted by Crippen LogP contribution is -2.31. The summed E-state index contributed by atoms with van der Waals surface area (Å²) in [5.41, 5.74) is 11.5. The molecular weight excluding hydrogens is 364 g/mol. The van der Waals surface area contributed by atoms with E-state index in [1.54, 1.807) is 41.6 Å². The number of hydrogen-bond donors (Lipinski definition) is 2. The minimum atomic E-state index is -3.60. The van der Waals surface area contributed by atoms with Crippen molar-refractivity contribution in [1.29, 1.82) is 0 Å². The highest BCUT2D eigenvalue weighted by atomic mass is 32.2. The third-order valence-corrected chi connectivity index (χ3v) is 5.98. The minimum Gasteiger partial charge on any atom is -0.328 e. The van der Waals surface area contributed by atoms with Crippen molar-refractivity contribution in [3.05, 3.63) is 60.7 Å². The van der Waals surface area contributed by atoms with Gasteiger partial charge in [-0.2, -0.15) is 0 Å². The molecule has 0 saturated carbocycles. The van der Waals surface area contributed by atoms with Crippen LogP contribution in [0.4, 0.5) is 0 Å². The van der Waals surface area contributed by atoms with Gasteiger partial charge in [-0.15, -0.1) is 0 Å². The summed E-state index contributed by atoms with van der Waals surface area (Å²) in [5, 5.41) is 0.707. The van der Waals surface area contributed by atoms with Gasteiger partial charge in [0.2, 0.25) is 10.0 Å². The van der Waals surface area contributed by atoms with Gasteiger partial charge in [-0.3, -0.25) is 0 Å². The number of rotatable bonds is 6. The highest BCUT2D eigenvalue weighted by Crippen LogP contribution is 2.25. The Morgan fingerprint density at radius 2 is 1.96 bits per heavy atom. The lowest BCUT2D eigenvalue weighted by atomic mass is 10.2. The number of pyridine rings is 1. The van der Waals surface area contributed by atoms with Gasteiger partial charge in [0.1, 0.15) is 17.4 Å². The van der Waals surface area contributed by atoms with Gasteiger partial charge in [0.15, 0.2) is 5.65 Å². The molecule has 0 aliphatic rings. The van der Waals surface area contributed by atoms with Crippen LogP contribution in [-0.2, 0) is 15.8 Å². The molecular formula is C18H20N6O2S. The monoisotopic (exact) mass is 384 g/mol. The fourth-order valence-electron chi connectivity index (χ4n) is 3.03. The topological polar surface area (TPSA) is 108 Å². The Labute approximate surface area is 156 Å². The van der Waals surface area contributed by atoms with E-state index in [4.69, 9.17) is 5.73 Å². The second-order valence-electron chi connectivity index (χ2n) is 6.46. The van der Waals surface area contributed by atoms with Crippen LogP contribution in [0.2, 0.25) is 0 Å². The van der Waals surface area contributed by atoms with Crippen LogP contribution in [0.5, 0.6) is 0 Å². The van der Waals surface area contributed by atoms with Gasteiger partial charge in [0.05, 0.1) is 18.0 Å². The summed E-state index contributed by atoms with van der Waals surface area (Å²) in [7, 11) is -3.60. The molecule has 0 bridgehead atoms. The van der Waals surface area contributed by atoms with Crippen molar-refractivity contribution in [3.8, 4) is 0 Å². The molecule has 0 aliphatic carbocycles. The second kappa shape index (κ2) is 6.67. The van der Waals surface area contributed by atoms with Crippen LogP contribution >= 0.6 is 0 Å². The number of benzene rings is 1. The summed E-state index contributed by atoms with van der Waals surface area (Å²) in [5.74, 6) is -0.0982. The van der Waals surface area contributed by atoms with Crippen molar-refractivity contribution >= 4 is 32.1 Å². The lowest BCUT2D eigenvalue weighted by molar-refractivity contribution is 0.588. The molecule has 3 aromatic heterocycles. The normalized spacial score (nSPS) is 13.3. The van der Waals surface area contributed by atoms with Gasteiger partial charge >= 0.3 is 0 Å². The number of imidazole rings is 1. The smallest absolute Gasteiger partial charge is 0.244 e. The molecule has 0 aliphatic heterocycles. The summed E-state index contributed by atoms with van der Waals surface area (Å²) in [6.07, 6.45) is 4.77. The van der Waals surface area contributed by atoms with E-state index < -0.39 is 10.0 Å². The van der Waals surface area contributed by atoms with E-state index in [2.05, 4.69) is 15.4 Å². The first-order valence-electron chi connectivity index (χ1n) is 8.56. The first-order valence-corrected chi connectivity index (χ1v) is 10.2. The number of hydrogen-bond acceptors (Lipinski definition) is 6. The number of nitrogens with two attached hydrogens (primary N) is 1. The number of aromatic nitrogens is 4. The molecule has 1 unspecified atom stereocenters. The fraction of sp³-hybridized carbons (Fsp3) is 0.222. The van der Waals surface area contributed by atoms with Gasteiger partial charge in [-0.25, -0.2) is 27.0 Å². The summed E-state index contributed by atoms with van der Waals surface area (Å²) < 4.78 is 28.9. The zero-order chi connectivity index (χ0) is 19.0. The largest absolute Gasteiger partial charge is 0.328 e. The number of nitrogens with zero attached hydrogens (tertiary/aromatic N) is 4. The first kappa shape index (κ1) is 17.5. The molecule has 9 heteroatoms. The Morgan fingerprint density at radius 3 is 2.70 bits per heavy atom. The highest BCUT2D eigenvalue weighted by molar-refractivity contribution is 7.89. The molecule has 8 nitrogen and oxygen atoms in total. The van der Waals surface area contributed by atoms with E-state index in [0.29, 0.717) is 23.1 Å². The van der Waals surface area contributed by atoms with Crippen LogP contribution in [-0.4, -0.2) is 39.6 Å². The van der Waals surface area contributed by atoms with Crippen molar-refractivity contribution in [1.82, 2.24) is 18.6 Å². The summed E-state index contributed by atoms with van der Waals surface area (Å²) in [6, 6.07) is 10.9. The maximum Gasteiger partial charge on any atom is 0.244 e. The Hall–Kier alpha value is -2.91. The van der Waals surface area contributed by atoms with Crippen LogP contribution in [0.1, 0.15) is 12.5 Å². The van der Waals surface area contributed by atoms with Gasteiger partial charge in [0, 0.05) is 18.1 Å². The maximum atomic E-state index is 12.9. The fourth-order valence-corrected chi connectivity index (χ4v) is 4.44. The molecule has 4 rings (SSSR count). The Morgan fingerprint density at radius 1 is 1.19 bits per heavy atom. The molecule has 1 atom stereocenters. The van der Waals surface area contributed by atoms with E-state index in [9.17, 15) is 8.42 Å². The molecule has 0 fully saturated rings. The van der Waals surface area contributed by atoms with E-state index in [1.165, 1.54) is 3.97 Å². The second-order valence-corrected chi connectivity index (χ2v) is 8.31. The van der Waals surface area contributed by atoms with E-state index in [-0.39, 0.29) is 11.8 Å². The van der Waals surface area contributed by atoms with Gasteiger partial charge in [0.25, 0.3) is 0 Å². The van der Waals surface area contributed by atoms with Crippen LogP contribution in [0.3, 0.4) is 0 Å². The predicted octanol–water partition coefficient (Wildman–Crippen LogP) is 1.65. The molecule has 0 saturated heterocycles. The molecule has 0 spiro atoms. The summed E-state index contributed by atoms with van der Waals surface area (Å²) >= 11 is 0. The molecule has 3 heterocycles. The van der Waals surface area contributed by atoms with Gasteiger partial charge in [-0.1, -0.05) is 30.3 Å². The Kier molecular flexibility index (Phi) is 4.33. The summed E-state index contributed by atoms with van der Waals surface area (Å²) in [6.45, 7) is 2.42. The van der Waals surface area contributed by atoms with Crippen LogP contribution < -0.4 is 11.2 Å². The third kappa shape index (κ3) is 3.15. The Bertz CT molecular complexity index is 1200. The lowest BCUT2D eigenvalue weighted by Gasteiger charge is -2.14. The Balaban J connectivity index is 1.82. The molecule has 4 aromatic rings. The van der Waals surface area contributed by atoms with Crippen LogP contribution in [0.15, 0.2) is 55.1 Å². The quantitative estimate of drug-likeness (QED) is 0.523. The van der Waals surface area contributed by atoms with Gasteiger partial charge < -0.3 is 11.2 Å². The van der Waals surface area contributed by atoms with Crippen molar-refractivity contribution in [2.24, 2.45) is 5.73 Å². The highest BCUT2D eigenvalue weighted by Gasteiger charge is 2.20. The summed E-state index contributed by atoms with van der Waals surface area (Å²) in [4.78, 5) is 8.68. The number of fused-ring (bicyclic) bond motifs is 3. The van der Waals surface area contributed by atoms with Crippen molar-refractivity contribution < 1.29 is 8.42 Å². The minimum absolute atomic E-state index is 0.0366. The van der Waals surface area contributed by atoms with E-state index >= 15 is 0 Å². The third-order valence-electron chi connectivity index (χ3n) is 4.39. The molecule has 0 radical (unpaired) electrons. The van der Waals surface area contributed by atoms with Gasteiger partial charge in [-0.05, 0) is 18.6 Å². The zero-order valence-electron chi connectivity index (χ0n) is 14.8. The average molecular weight is 384 g/mol. The van der Waals surface area contributed by atoms with Crippen LogP contribution in [0, 0.1) is 0 Å². The number of nitrogens with one attached hydrogen (secondary N) is 1. The van der Waals surface area contributed by atoms with E-state index in [1.807, 2.05) is 25.1 Å². The first-order chi connectivity index (χ1) is 13.0. The SMILES string of the molecule is CC(CN)Nn1cnc2cnc3c(ccn3S(=O)(=O)Cc3ccccc3)c21. The van der Waals surface area contributed by atoms with Crippen molar-refractivity contribution in [2.45, 2.75) is 18.7 Å². The molecule has 1 aromatic carbocycles. The predicted molar refractivity (Wildman–Crippen MR) is 105 cm³/mol.